The third-order valence-corrected chi connectivity index (χ3v) is 3.81. The van der Waals surface area contributed by atoms with Crippen molar-refractivity contribution >= 4 is 0 Å². The van der Waals surface area contributed by atoms with Crippen LogP contribution in [0.3, 0.4) is 0 Å². The Balaban J connectivity index is 2.70. The maximum atomic E-state index is 14.4. The van der Waals surface area contributed by atoms with Crippen LogP contribution in [0.25, 0.3) is 11.1 Å². The van der Waals surface area contributed by atoms with Gasteiger partial charge < -0.3 is 0 Å². The molecule has 0 amide bonds. The molecule has 0 atom stereocenters. The number of halogens is 2. The third kappa shape index (κ3) is 2.47. The van der Waals surface area contributed by atoms with Crippen LogP contribution in [0.2, 0.25) is 0 Å². The van der Waals surface area contributed by atoms with E-state index in [4.69, 9.17) is 0 Å². The molecule has 0 nitrogen and oxygen atoms in total. The zero-order valence-electron chi connectivity index (χ0n) is 12.5. The van der Waals surface area contributed by atoms with Gasteiger partial charge in [0.2, 0.25) is 0 Å². The van der Waals surface area contributed by atoms with Gasteiger partial charge in [-0.15, -0.1) is 0 Å². The Kier molecular flexibility index (Phi) is 4.22. The summed E-state index contributed by atoms with van der Waals surface area (Å²) in [7, 11) is 0. The zero-order valence-corrected chi connectivity index (χ0v) is 12.5. The fourth-order valence-corrected chi connectivity index (χ4v) is 2.60. The largest absolute Gasteiger partial charge is 0.206 e. The van der Waals surface area contributed by atoms with Crippen molar-refractivity contribution < 1.29 is 8.78 Å². The minimum absolute atomic E-state index is 0.162. The predicted octanol–water partition coefficient (Wildman–Crippen LogP) is 5.51. The van der Waals surface area contributed by atoms with Gasteiger partial charge in [-0.3, -0.25) is 0 Å². The maximum Gasteiger partial charge on any atom is 0.129 e. The summed E-state index contributed by atoms with van der Waals surface area (Å²) in [4.78, 5) is 0. The van der Waals surface area contributed by atoms with Gasteiger partial charge in [0.25, 0.3) is 0 Å². The van der Waals surface area contributed by atoms with Crippen LogP contribution in [0.5, 0.6) is 0 Å². The SMILES string of the molecule is CCCc1c(-c2ccc(C)c(F)c2C)ccc(C)c1F. The molecule has 20 heavy (non-hydrogen) atoms. The van der Waals surface area contributed by atoms with Crippen molar-refractivity contribution in [2.75, 3.05) is 0 Å². The standard InChI is InChI=1S/C18H20F2/c1-5-6-16-15(10-8-12(3)18(16)20)14-9-7-11(2)17(19)13(14)4/h7-10H,5-6H2,1-4H3. The minimum Gasteiger partial charge on any atom is -0.206 e. The molecule has 0 fully saturated rings. The molecule has 2 aromatic carbocycles. The van der Waals surface area contributed by atoms with E-state index in [1.807, 2.05) is 19.1 Å². The van der Waals surface area contributed by atoms with Crippen molar-refractivity contribution in [2.24, 2.45) is 0 Å². The second-order valence-electron chi connectivity index (χ2n) is 5.34. The summed E-state index contributed by atoms with van der Waals surface area (Å²) < 4.78 is 28.4. The number of rotatable bonds is 3. The van der Waals surface area contributed by atoms with Crippen molar-refractivity contribution in [3.8, 4) is 11.1 Å². The third-order valence-electron chi connectivity index (χ3n) is 3.81. The molecule has 0 saturated heterocycles. The molecule has 0 heterocycles. The molecule has 0 unspecified atom stereocenters. The van der Waals surface area contributed by atoms with Gasteiger partial charge in [0.1, 0.15) is 11.6 Å². The molecule has 2 aromatic rings. The van der Waals surface area contributed by atoms with E-state index >= 15 is 0 Å². The summed E-state index contributed by atoms with van der Waals surface area (Å²) >= 11 is 0. The topological polar surface area (TPSA) is 0 Å². The summed E-state index contributed by atoms with van der Waals surface area (Å²) in [5.74, 6) is -0.365. The lowest BCUT2D eigenvalue weighted by Gasteiger charge is -2.15. The molecule has 0 N–H and O–H groups in total. The van der Waals surface area contributed by atoms with E-state index in [2.05, 4.69) is 0 Å². The van der Waals surface area contributed by atoms with Gasteiger partial charge in [-0.2, -0.15) is 0 Å². The van der Waals surface area contributed by atoms with Crippen LogP contribution in [0.15, 0.2) is 24.3 Å². The number of benzene rings is 2. The smallest absolute Gasteiger partial charge is 0.129 e. The highest BCUT2D eigenvalue weighted by Gasteiger charge is 2.15. The lowest BCUT2D eigenvalue weighted by atomic mass is 9.91. The lowest BCUT2D eigenvalue weighted by molar-refractivity contribution is 0.598. The van der Waals surface area contributed by atoms with E-state index in [9.17, 15) is 8.78 Å². The molecule has 0 aromatic heterocycles. The van der Waals surface area contributed by atoms with Crippen molar-refractivity contribution in [3.63, 3.8) is 0 Å². The van der Waals surface area contributed by atoms with Crippen LogP contribution in [-0.2, 0) is 6.42 Å². The van der Waals surface area contributed by atoms with Crippen molar-refractivity contribution in [2.45, 2.75) is 40.5 Å². The highest BCUT2D eigenvalue weighted by Crippen LogP contribution is 2.32. The Morgan fingerprint density at radius 2 is 1.35 bits per heavy atom. The predicted molar refractivity (Wildman–Crippen MR) is 80.0 cm³/mol. The molecular weight excluding hydrogens is 254 g/mol. The molecule has 0 aliphatic heterocycles. The van der Waals surface area contributed by atoms with Crippen LogP contribution in [-0.4, -0.2) is 0 Å². The van der Waals surface area contributed by atoms with Crippen LogP contribution < -0.4 is 0 Å². The van der Waals surface area contributed by atoms with Crippen LogP contribution in [0.4, 0.5) is 8.78 Å². The average Bonchev–Trinajstić information content (AvgIpc) is 2.43. The molecule has 0 aliphatic rings. The molecule has 0 radical (unpaired) electrons. The van der Waals surface area contributed by atoms with Gasteiger partial charge in [0.15, 0.2) is 0 Å². The summed E-state index contributed by atoms with van der Waals surface area (Å²) in [6, 6.07) is 7.31. The van der Waals surface area contributed by atoms with E-state index in [1.54, 1.807) is 32.9 Å². The average molecular weight is 274 g/mol. The Labute approximate surface area is 119 Å². The van der Waals surface area contributed by atoms with E-state index in [1.165, 1.54) is 0 Å². The first kappa shape index (κ1) is 14.7. The molecule has 0 saturated carbocycles. The van der Waals surface area contributed by atoms with Gasteiger partial charge in [-0.05, 0) is 60.6 Å². The second kappa shape index (κ2) is 5.74. The zero-order chi connectivity index (χ0) is 14.9. The van der Waals surface area contributed by atoms with Crippen LogP contribution in [0, 0.1) is 32.4 Å². The summed E-state index contributed by atoms with van der Waals surface area (Å²) in [6.45, 7) is 7.29. The quantitative estimate of drug-likeness (QED) is 0.692. The van der Waals surface area contributed by atoms with Crippen LogP contribution in [0.1, 0.15) is 35.6 Å². The Morgan fingerprint density at radius 1 is 0.800 bits per heavy atom. The van der Waals surface area contributed by atoms with E-state index < -0.39 is 0 Å². The van der Waals surface area contributed by atoms with E-state index in [0.29, 0.717) is 28.7 Å². The lowest BCUT2D eigenvalue weighted by Crippen LogP contribution is -2.00. The first-order chi connectivity index (χ1) is 9.47. The van der Waals surface area contributed by atoms with E-state index in [-0.39, 0.29) is 11.6 Å². The van der Waals surface area contributed by atoms with Crippen molar-refractivity contribution in [1.82, 2.24) is 0 Å². The second-order valence-corrected chi connectivity index (χ2v) is 5.34. The van der Waals surface area contributed by atoms with Crippen molar-refractivity contribution in [1.29, 1.82) is 0 Å². The first-order valence-electron chi connectivity index (χ1n) is 7.01. The molecule has 2 rings (SSSR count). The Hall–Kier alpha value is -1.70. The normalized spacial score (nSPS) is 10.9. The minimum atomic E-state index is -0.203. The Bertz CT molecular complexity index is 642. The number of hydrogen-bond donors (Lipinski definition) is 0. The van der Waals surface area contributed by atoms with Gasteiger partial charge >= 0.3 is 0 Å². The van der Waals surface area contributed by atoms with E-state index in [0.717, 1.165) is 17.5 Å². The Morgan fingerprint density at radius 3 is 1.95 bits per heavy atom. The van der Waals surface area contributed by atoms with Gasteiger partial charge in [0.05, 0.1) is 0 Å². The fraction of sp³-hybridized carbons (Fsp3) is 0.333. The van der Waals surface area contributed by atoms with Crippen LogP contribution >= 0.6 is 0 Å². The number of aryl methyl sites for hydroxylation is 2. The van der Waals surface area contributed by atoms with Gasteiger partial charge in [0, 0.05) is 0 Å². The molecule has 0 spiro atoms. The maximum absolute atomic E-state index is 14.4. The monoisotopic (exact) mass is 274 g/mol. The summed E-state index contributed by atoms with van der Waals surface area (Å²) in [5.41, 5.74) is 4.14. The summed E-state index contributed by atoms with van der Waals surface area (Å²) in [6.07, 6.45) is 1.53. The molecular formula is C18H20F2. The molecule has 2 heteroatoms. The first-order valence-corrected chi connectivity index (χ1v) is 7.01. The van der Waals surface area contributed by atoms with Gasteiger partial charge in [-0.1, -0.05) is 37.6 Å². The highest BCUT2D eigenvalue weighted by atomic mass is 19.1. The van der Waals surface area contributed by atoms with Crippen molar-refractivity contribution in [3.05, 3.63) is 58.2 Å². The molecule has 0 bridgehead atoms. The highest BCUT2D eigenvalue weighted by molar-refractivity contribution is 5.72. The number of hydrogen-bond acceptors (Lipinski definition) is 0. The summed E-state index contributed by atoms with van der Waals surface area (Å²) in [5, 5.41) is 0. The molecule has 0 aliphatic carbocycles. The fourth-order valence-electron chi connectivity index (χ4n) is 2.60. The molecule has 106 valence electrons. The van der Waals surface area contributed by atoms with Gasteiger partial charge in [-0.25, -0.2) is 8.78 Å².